The van der Waals surface area contributed by atoms with E-state index in [1.54, 1.807) is 32.9 Å². The van der Waals surface area contributed by atoms with Gasteiger partial charge in [-0.1, -0.05) is 51.6 Å². The molecule has 0 radical (unpaired) electrons. The number of hydrogen-bond acceptors (Lipinski definition) is 8. The molecule has 2 N–H and O–H groups in total. The molecule has 1 aliphatic heterocycles. The van der Waals surface area contributed by atoms with Crippen LogP contribution in [0.15, 0.2) is 61.2 Å². The number of alkyl halides is 4. The van der Waals surface area contributed by atoms with Gasteiger partial charge >= 0.3 is 6.18 Å². The van der Waals surface area contributed by atoms with Crippen LogP contribution in [-0.4, -0.2) is 92.0 Å². The zero-order chi connectivity index (χ0) is 42.3. The molecule has 0 saturated carbocycles. The Morgan fingerprint density at radius 2 is 1.26 bits per heavy atom. The minimum Gasteiger partial charge on any atom is -0.491 e. The Balaban J connectivity index is 0.000000903. The monoisotopic (exact) mass is 792 g/mol. The Hall–Kier alpha value is -3.20. The molecular weight excluding hydrogens is 729 g/mol. The highest BCUT2D eigenvalue weighted by Crippen LogP contribution is 2.34. The van der Waals surface area contributed by atoms with E-state index in [0.29, 0.717) is 17.7 Å². The maximum absolute atomic E-state index is 13.0. The van der Waals surface area contributed by atoms with Crippen molar-refractivity contribution in [3.8, 4) is 11.5 Å². The van der Waals surface area contributed by atoms with Crippen molar-refractivity contribution >= 4 is 16.0 Å². The fraction of sp³-hybridized carbons (Fsp3) is 0.625. The smallest absolute Gasteiger partial charge is 0.423 e. The van der Waals surface area contributed by atoms with Gasteiger partial charge in [-0.15, -0.1) is 0 Å². The van der Waals surface area contributed by atoms with Gasteiger partial charge in [0.05, 0.1) is 18.0 Å². The maximum atomic E-state index is 13.0. The highest BCUT2D eigenvalue weighted by Gasteiger charge is 2.40. The first-order chi connectivity index (χ1) is 24.3. The zero-order valence-corrected chi connectivity index (χ0v) is 35.2. The number of aliphatic hydroxyl groups excluding tert-OH is 1. The molecule has 1 saturated heterocycles. The van der Waals surface area contributed by atoms with Crippen LogP contribution in [0.3, 0.4) is 0 Å². The Labute approximate surface area is 321 Å². The van der Waals surface area contributed by atoms with Crippen LogP contribution >= 0.6 is 0 Å². The molecule has 0 aliphatic carbocycles. The zero-order valence-electron chi connectivity index (χ0n) is 34.4. The summed E-state index contributed by atoms with van der Waals surface area (Å²) >= 11 is 0. The van der Waals surface area contributed by atoms with E-state index in [0.717, 1.165) is 17.4 Å². The minimum absolute atomic E-state index is 0.123. The van der Waals surface area contributed by atoms with Crippen molar-refractivity contribution in [1.29, 1.82) is 0 Å². The molecule has 1 amide bonds. The molecule has 1 heterocycles. The van der Waals surface area contributed by atoms with Gasteiger partial charge in [0, 0.05) is 29.6 Å². The molecule has 2 aromatic rings. The summed E-state index contributed by atoms with van der Waals surface area (Å²) in [6.07, 6.45) is -5.52. The van der Waals surface area contributed by atoms with Crippen LogP contribution in [0, 0.1) is 0 Å². The van der Waals surface area contributed by atoms with E-state index in [1.807, 2.05) is 65.8 Å². The quantitative estimate of drug-likeness (QED) is 0.101. The number of benzene rings is 2. The van der Waals surface area contributed by atoms with Crippen LogP contribution in [0.1, 0.15) is 101 Å². The molecule has 14 heteroatoms. The van der Waals surface area contributed by atoms with Crippen LogP contribution in [-0.2, 0) is 24.5 Å². The molecule has 1 fully saturated rings. The molecule has 9 nitrogen and oxygen atoms in total. The molecule has 2 atom stereocenters. The van der Waals surface area contributed by atoms with Gasteiger partial charge in [-0.25, -0.2) is 4.39 Å². The van der Waals surface area contributed by atoms with E-state index in [1.165, 1.54) is 31.3 Å². The van der Waals surface area contributed by atoms with E-state index in [2.05, 4.69) is 41.7 Å². The van der Waals surface area contributed by atoms with Crippen LogP contribution in [0.25, 0.3) is 0 Å². The van der Waals surface area contributed by atoms with Gasteiger partial charge < -0.3 is 19.9 Å². The second-order valence-electron chi connectivity index (χ2n) is 16.4. The molecule has 310 valence electrons. The third-order valence-corrected chi connectivity index (χ3v) is 8.10. The fourth-order valence-electron chi connectivity index (χ4n) is 4.27. The number of rotatable bonds is 11. The van der Waals surface area contributed by atoms with E-state index in [9.17, 15) is 35.9 Å². The Bertz CT molecular complexity index is 1510. The van der Waals surface area contributed by atoms with Gasteiger partial charge in [0.25, 0.3) is 10.1 Å². The number of nitrogens with one attached hydrogen (secondary N) is 1. The lowest BCUT2D eigenvalue weighted by Crippen LogP contribution is -2.39. The van der Waals surface area contributed by atoms with Crippen molar-refractivity contribution in [3.63, 3.8) is 0 Å². The second kappa shape index (κ2) is 21.2. The van der Waals surface area contributed by atoms with Crippen LogP contribution in [0.4, 0.5) is 17.6 Å². The lowest BCUT2D eigenvalue weighted by atomic mass is 9.78. The van der Waals surface area contributed by atoms with Crippen molar-refractivity contribution in [2.75, 3.05) is 32.6 Å². The van der Waals surface area contributed by atoms with Gasteiger partial charge in [-0.2, -0.15) is 21.6 Å². The third-order valence-electron chi connectivity index (χ3n) is 7.30. The number of halogens is 4. The highest BCUT2D eigenvalue weighted by atomic mass is 32.2. The van der Waals surface area contributed by atoms with Crippen molar-refractivity contribution < 1.29 is 49.5 Å². The normalized spacial score (nSPS) is 14.7. The molecule has 0 aromatic heterocycles. The number of ether oxygens (including phenoxy) is 2. The van der Waals surface area contributed by atoms with Crippen molar-refractivity contribution in [3.05, 3.63) is 72.3 Å². The van der Waals surface area contributed by atoms with Crippen molar-refractivity contribution in [1.82, 2.24) is 10.2 Å². The van der Waals surface area contributed by atoms with Gasteiger partial charge in [0.15, 0.2) is 0 Å². The SMILES string of the molecule is C=CC(=O)NC(C)(C)C.CC(C)(C)N1CC1.CC(C)(C)OS(C)(=O)=O.CCC(O)COc1ccc(C(C)(C)c2ccc(OCC(F)C(F)(F)F)cc2)cc1. The Morgan fingerprint density at radius 3 is 1.48 bits per heavy atom. The third kappa shape index (κ3) is 23.6. The molecule has 0 bridgehead atoms. The molecule has 2 aromatic carbocycles. The number of amides is 1. The Kier molecular flexibility index (Phi) is 19.9. The minimum atomic E-state index is -4.92. The van der Waals surface area contributed by atoms with E-state index in [4.69, 9.17) is 9.47 Å². The summed E-state index contributed by atoms with van der Waals surface area (Å²) in [7, 11) is -3.28. The number of carbonyl (C=O) groups excluding carboxylic acids is 1. The van der Waals surface area contributed by atoms with E-state index >= 15 is 0 Å². The van der Waals surface area contributed by atoms with Crippen LogP contribution in [0.2, 0.25) is 0 Å². The number of aliphatic hydroxyl groups is 1. The Morgan fingerprint density at radius 1 is 0.852 bits per heavy atom. The first-order valence-electron chi connectivity index (χ1n) is 17.8. The summed E-state index contributed by atoms with van der Waals surface area (Å²) in [6.45, 7) is 28.6. The van der Waals surface area contributed by atoms with Crippen molar-refractivity contribution in [2.45, 2.75) is 130 Å². The van der Waals surface area contributed by atoms with Gasteiger partial charge in [-0.3, -0.25) is 13.9 Å². The van der Waals surface area contributed by atoms with Gasteiger partial charge in [-0.05, 0) is 110 Å². The predicted octanol–water partition coefficient (Wildman–Crippen LogP) is 8.39. The average Bonchev–Trinajstić information content (AvgIpc) is 3.87. The van der Waals surface area contributed by atoms with E-state index in [-0.39, 0.29) is 29.2 Å². The second-order valence-corrected chi connectivity index (χ2v) is 17.9. The molecule has 2 unspecified atom stereocenters. The molecule has 3 rings (SSSR count). The predicted molar refractivity (Wildman–Crippen MR) is 208 cm³/mol. The summed E-state index contributed by atoms with van der Waals surface area (Å²) in [5.74, 6) is 0.711. The first kappa shape index (κ1) is 50.8. The summed E-state index contributed by atoms with van der Waals surface area (Å²) in [4.78, 5) is 13.0. The topological polar surface area (TPSA) is 114 Å². The number of carbonyl (C=O) groups is 1. The lowest BCUT2D eigenvalue weighted by molar-refractivity contribution is -0.187. The molecule has 1 aliphatic rings. The fourth-order valence-corrected chi connectivity index (χ4v) is 5.18. The molecular formula is C40H64F4N2O7S. The maximum Gasteiger partial charge on any atom is 0.423 e. The number of hydrogen-bond donors (Lipinski definition) is 2. The van der Waals surface area contributed by atoms with E-state index < -0.39 is 40.8 Å². The standard InChI is InChI=1S/C22H26F4O3.C7H13NO.C6H13N.C5H12O3S/c1-4-17(27)13-28-18-9-5-15(6-10-18)21(2,3)16-7-11-19(12-8-16)29-14-20(23)22(24,25)26;1-5-6(9)8-7(2,3)4;1-6(2,3)7-4-5-7;1-5(2,3)8-9(4,6)7/h5-12,17,20,27H,4,13-14H2,1-3H3;5H,1H2,2-4H3,(H,8,9);4-5H2,1-3H3;1-4H3. The summed E-state index contributed by atoms with van der Waals surface area (Å²) in [5.41, 5.74) is 1.25. The summed E-state index contributed by atoms with van der Waals surface area (Å²) < 4.78 is 85.5. The molecule has 0 spiro atoms. The summed E-state index contributed by atoms with van der Waals surface area (Å²) in [6, 6.07) is 14.1. The number of nitrogens with zero attached hydrogens (tertiary/aromatic N) is 1. The van der Waals surface area contributed by atoms with Gasteiger partial charge in [0.1, 0.15) is 24.7 Å². The molecule has 54 heavy (non-hydrogen) atoms. The van der Waals surface area contributed by atoms with Gasteiger partial charge in [0.2, 0.25) is 12.1 Å². The van der Waals surface area contributed by atoms with Crippen LogP contribution < -0.4 is 14.8 Å². The first-order valence-corrected chi connectivity index (χ1v) is 19.6. The largest absolute Gasteiger partial charge is 0.491 e. The highest BCUT2D eigenvalue weighted by molar-refractivity contribution is 7.86. The average molecular weight is 793 g/mol. The van der Waals surface area contributed by atoms with Crippen molar-refractivity contribution in [2.24, 2.45) is 0 Å². The summed E-state index contributed by atoms with van der Waals surface area (Å²) in [5, 5.41) is 12.3. The van der Waals surface area contributed by atoms with Crippen LogP contribution in [0.5, 0.6) is 11.5 Å². The lowest BCUT2D eigenvalue weighted by Gasteiger charge is -2.26.